The normalized spacial score (nSPS) is 13.5. The summed E-state index contributed by atoms with van der Waals surface area (Å²) in [7, 11) is -0.0985. The SMILES string of the molecule is CCCCCCCCCCCC[SH](CCCC)Cc1cc(CCCCCCCCC)cc(C[SH](CCCC)CCCCCCCCCCCC)c1O.O=C1C=CC(=O)C=C1.Oc1ccc(O)cc1. The van der Waals surface area contributed by atoms with E-state index < -0.39 is 0 Å². The molecule has 1 aliphatic rings. The first-order valence-corrected chi connectivity index (χ1v) is 32.2. The molecule has 7 heteroatoms. The smallest absolute Gasteiger partial charge is 0.178 e. The topological polar surface area (TPSA) is 94.8 Å². The second-order valence-electron chi connectivity index (χ2n) is 19.7. The lowest BCUT2D eigenvalue weighted by atomic mass is 10.00. The van der Waals surface area contributed by atoms with Crippen molar-refractivity contribution >= 4 is 33.4 Å². The molecule has 0 saturated heterocycles. The molecule has 0 aromatic heterocycles. The number of rotatable bonds is 40. The van der Waals surface area contributed by atoms with Crippen molar-refractivity contribution in [2.45, 2.75) is 252 Å². The number of carbonyl (C=O) groups excluding carboxylic acids is 2. The Morgan fingerprint density at radius 1 is 0.353 bits per heavy atom. The van der Waals surface area contributed by atoms with Crippen molar-refractivity contribution in [3.8, 4) is 17.2 Å². The predicted molar refractivity (Wildman–Crippen MR) is 306 cm³/mol. The molecule has 2 unspecified atom stereocenters. The molecule has 0 amide bonds. The van der Waals surface area contributed by atoms with Crippen LogP contribution in [-0.2, 0) is 27.5 Å². The van der Waals surface area contributed by atoms with Crippen molar-refractivity contribution in [2.24, 2.45) is 0 Å². The Labute approximate surface area is 425 Å². The highest BCUT2D eigenvalue weighted by molar-refractivity contribution is 8.16. The summed E-state index contributed by atoms with van der Waals surface area (Å²) in [6.45, 7) is 11.7. The van der Waals surface area contributed by atoms with Crippen LogP contribution in [0.1, 0.15) is 250 Å². The van der Waals surface area contributed by atoms with E-state index in [9.17, 15) is 14.7 Å². The van der Waals surface area contributed by atoms with Crippen LogP contribution < -0.4 is 0 Å². The van der Waals surface area contributed by atoms with Gasteiger partial charge in [-0.1, -0.05) is 214 Å². The van der Waals surface area contributed by atoms with Gasteiger partial charge in [-0.15, -0.1) is 0 Å². The number of aryl methyl sites for hydroxylation is 1. The number of ketones is 2. The van der Waals surface area contributed by atoms with Crippen molar-refractivity contribution in [2.75, 3.05) is 23.0 Å². The third-order valence-corrected chi connectivity index (χ3v) is 18.5. The molecule has 0 aliphatic heterocycles. The molecule has 3 N–H and O–H groups in total. The van der Waals surface area contributed by atoms with Crippen LogP contribution in [0.2, 0.25) is 0 Å². The number of carbonyl (C=O) groups is 2. The molecule has 0 heterocycles. The van der Waals surface area contributed by atoms with Gasteiger partial charge in [-0.2, -0.15) is 0 Å². The zero-order valence-electron chi connectivity index (χ0n) is 44.7. The van der Waals surface area contributed by atoms with Gasteiger partial charge in [-0.3, -0.25) is 9.59 Å². The highest BCUT2D eigenvalue weighted by atomic mass is 32.2. The summed E-state index contributed by atoms with van der Waals surface area (Å²) in [6.07, 6.45) is 49.5. The van der Waals surface area contributed by atoms with Crippen LogP contribution in [0.4, 0.5) is 0 Å². The molecule has 0 saturated carbocycles. The summed E-state index contributed by atoms with van der Waals surface area (Å²) in [4.78, 5) is 20.6. The number of allylic oxidation sites excluding steroid dienone is 4. The zero-order chi connectivity index (χ0) is 49.7. The van der Waals surface area contributed by atoms with E-state index in [0.29, 0.717) is 5.75 Å². The van der Waals surface area contributed by atoms with E-state index in [2.05, 4.69) is 46.8 Å². The van der Waals surface area contributed by atoms with E-state index in [-0.39, 0.29) is 44.9 Å². The molecule has 2 atom stereocenters. The van der Waals surface area contributed by atoms with Crippen LogP contribution in [-0.4, -0.2) is 49.9 Å². The standard InChI is InChI=1S/C49H96OS2.C6H6O2.C6H4O2/c1-6-11-16-19-22-24-26-29-32-35-40-51(38-14-9-4)44-47-42-46(37-34-31-28-21-18-13-8-3)43-48(49(47)50)45-52(39-15-10-5)41-36-33-30-27-25-23-20-17-12-7-2;2*7-5-1-2-6(8)4-3-5/h42-43,50-52H,6-41,44-45H2,1-5H3;1-4,7-8H;1-4H. The van der Waals surface area contributed by atoms with E-state index in [1.54, 1.807) is 0 Å². The fourth-order valence-corrected chi connectivity index (χ4v) is 14.2. The second kappa shape index (κ2) is 45.5. The number of hydrogen-bond donors (Lipinski definition) is 5. The van der Waals surface area contributed by atoms with Crippen LogP contribution in [0.15, 0.2) is 60.7 Å². The van der Waals surface area contributed by atoms with Crippen LogP contribution in [0.25, 0.3) is 0 Å². The van der Waals surface area contributed by atoms with Crippen LogP contribution in [0.3, 0.4) is 0 Å². The van der Waals surface area contributed by atoms with Gasteiger partial charge in [-0.25, -0.2) is 21.8 Å². The number of phenolic OH excluding ortho intramolecular Hbond substituents is 3. The molecule has 5 nitrogen and oxygen atoms in total. The number of thiol groups is 2. The number of hydrogen-bond acceptors (Lipinski definition) is 5. The Morgan fingerprint density at radius 3 is 0.926 bits per heavy atom. The molecular weight excluding hydrogens is 877 g/mol. The summed E-state index contributed by atoms with van der Waals surface area (Å²) >= 11 is 0. The summed E-state index contributed by atoms with van der Waals surface area (Å²) in [5.41, 5.74) is 4.19. The number of unbranched alkanes of at least 4 members (excludes halogenated alkanes) is 26. The van der Waals surface area contributed by atoms with Gasteiger partial charge in [0.15, 0.2) is 11.6 Å². The first-order chi connectivity index (χ1) is 33.2. The Balaban J connectivity index is 0.00000120. The molecule has 2 aromatic rings. The molecule has 3 rings (SSSR count). The molecule has 1 aliphatic carbocycles. The van der Waals surface area contributed by atoms with E-state index in [4.69, 9.17) is 10.2 Å². The molecule has 392 valence electrons. The van der Waals surface area contributed by atoms with Gasteiger partial charge in [-0.05, 0) is 116 Å². The Bertz CT molecular complexity index is 1430. The van der Waals surface area contributed by atoms with Gasteiger partial charge in [0, 0.05) is 22.6 Å². The van der Waals surface area contributed by atoms with E-state index in [1.807, 2.05) is 0 Å². The fraction of sp³-hybridized carbons (Fsp3) is 0.705. The van der Waals surface area contributed by atoms with Gasteiger partial charge in [0.05, 0.1) is 0 Å². The molecule has 68 heavy (non-hydrogen) atoms. The first kappa shape index (κ1) is 63.4. The molecule has 0 spiro atoms. The van der Waals surface area contributed by atoms with Gasteiger partial charge < -0.3 is 15.3 Å². The predicted octanol–water partition coefficient (Wildman–Crippen LogP) is 18.5. The monoisotopic (exact) mass is 983 g/mol. The number of aromatic hydroxyl groups is 3. The maximum absolute atomic E-state index is 12.0. The molecule has 0 bridgehead atoms. The summed E-state index contributed by atoms with van der Waals surface area (Å²) in [5, 5.41) is 29.3. The number of benzene rings is 2. The largest absolute Gasteiger partial charge is 0.508 e. The minimum Gasteiger partial charge on any atom is -0.508 e. The van der Waals surface area contributed by atoms with Crippen molar-refractivity contribution in [3.63, 3.8) is 0 Å². The number of phenols is 3. The van der Waals surface area contributed by atoms with Crippen LogP contribution in [0, 0.1) is 0 Å². The van der Waals surface area contributed by atoms with Crippen LogP contribution in [0.5, 0.6) is 17.2 Å². The lowest BCUT2D eigenvalue weighted by Crippen LogP contribution is -2.04. The van der Waals surface area contributed by atoms with E-state index in [1.165, 1.54) is 294 Å². The maximum Gasteiger partial charge on any atom is 0.178 e. The van der Waals surface area contributed by atoms with Crippen LogP contribution >= 0.6 is 21.8 Å². The molecular formula is C61H106O5S2. The lowest BCUT2D eigenvalue weighted by Gasteiger charge is -2.26. The molecule has 2 aromatic carbocycles. The molecule has 0 radical (unpaired) electrons. The summed E-state index contributed by atoms with van der Waals surface area (Å²) in [6, 6.07) is 10.7. The Morgan fingerprint density at radius 2 is 0.618 bits per heavy atom. The van der Waals surface area contributed by atoms with Crippen molar-refractivity contribution in [1.82, 2.24) is 0 Å². The van der Waals surface area contributed by atoms with Crippen molar-refractivity contribution in [3.05, 3.63) is 77.4 Å². The van der Waals surface area contributed by atoms with E-state index in [0.717, 1.165) is 11.5 Å². The minimum absolute atomic E-state index is 0.0492. The minimum atomic E-state index is -0.121. The van der Waals surface area contributed by atoms with E-state index >= 15 is 0 Å². The highest BCUT2D eigenvalue weighted by Gasteiger charge is 2.17. The second-order valence-corrected chi connectivity index (χ2v) is 24.8. The first-order valence-electron chi connectivity index (χ1n) is 28.4. The molecule has 0 fully saturated rings. The third kappa shape index (κ3) is 36.3. The average molecular weight is 984 g/mol. The van der Waals surface area contributed by atoms with Gasteiger partial charge in [0.2, 0.25) is 0 Å². The lowest BCUT2D eigenvalue weighted by molar-refractivity contribution is -0.113. The summed E-state index contributed by atoms with van der Waals surface area (Å²) < 4.78 is 0. The van der Waals surface area contributed by atoms with Gasteiger partial charge in [0.1, 0.15) is 17.2 Å². The fourth-order valence-electron chi connectivity index (χ4n) is 8.83. The van der Waals surface area contributed by atoms with Crippen molar-refractivity contribution < 1.29 is 24.9 Å². The van der Waals surface area contributed by atoms with Gasteiger partial charge >= 0.3 is 0 Å². The Hall–Kier alpha value is -2.64. The zero-order valence-corrected chi connectivity index (χ0v) is 46.5. The highest BCUT2D eigenvalue weighted by Crippen LogP contribution is 2.42. The average Bonchev–Trinajstić information content (AvgIpc) is 3.34. The quantitative estimate of drug-likeness (QED) is 0.0198. The summed E-state index contributed by atoms with van der Waals surface area (Å²) in [5.74, 6) is 8.71. The Kier molecular flexibility index (Phi) is 42.4. The maximum atomic E-state index is 12.0. The van der Waals surface area contributed by atoms with Gasteiger partial charge in [0.25, 0.3) is 0 Å². The van der Waals surface area contributed by atoms with Crippen molar-refractivity contribution in [1.29, 1.82) is 0 Å². The third-order valence-electron chi connectivity index (χ3n) is 13.2.